The van der Waals surface area contributed by atoms with Gasteiger partial charge in [-0.15, -0.1) is 0 Å². The maximum atomic E-state index is 13.4. The zero-order valence-electron chi connectivity index (χ0n) is 10.1. The zero-order chi connectivity index (χ0) is 14.0. The summed E-state index contributed by atoms with van der Waals surface area (Å²) < 4.78 is 50.9. The van der Waals surface area contributed by atoms with Crippen LogP contribution in [-0.4, -0.2) is 16.9 Å². The van der Waals surface area contributed by atoms with Gasteiger partial charge in [0.2, 0.25) is 0 Å². The van der Waals surface area contributed by atoms with E-state index in [2.05, 4.69) is 4.98 Å². The second-order valence-corrected chi connectivity index (χ2v) is 4.81. The Balaban J connectivity index is 2.03. The van der Waals surface area contributed by atoms with Crippen LogP contribution in [0.1, 0.15) is 36.0 Å². The molecule has 1 aliphatic rings. The molecule has 0 spiro atoms. The van der Waals surface area contributed by atoms with E-state index in [1.807, 2.05) is 0 Å². The molecule has 0 aliphatic heterocycles. The maximum Gasteiger partial charge on any atom is 0.391 e. The Morgan fingerprint density at radius 2 is 1.84 bits per heavy atom. The molecule has 0 radical (unpaired) electrons. The first-order valence-corrected chi connectivity index (χ1v) is 6.10. The van der Waals surface area contributed by atoms with E-state index < -0.39 is 29.6 Å². The second-order valence-electron chi connectivity index (χ2n) is 4.81. The third-order valence-corrected chi connectivity index (χ3v) is 3.60. The molecule has 2 rings (SSSR count). The summed E-state index contributed by atoms with van der Waals surface area (Å²) in [5.74, 6) is -2.99. The van der Waals surface area contributed by atoms with Gasteiger partial charge in [0.15, 0.2) is 11.6 Å². The van der Waals surface area contributed by atoms with Crippen molar-refractivity contribution in [3.05, 3.63) is 29.8 Å². The fraction of sp³-hybridized carbons (Fsp3) is 0.538. The highest BCUT2D eigenvalue weighted by Gasteiger charge is 2.42. The third kappa shape index (κ3) is 3.11. The summed E-state index contributed by atoms with van der Waals surface area (Å²) in [7, 11) is 0. The van der Waals surface area contributed by atoms with Gasteiger partial charge >= 0.3 is 6.18 Å². The molecule has 104 valence electrons. The van der Waals surface area contributed by atoms with Gasteiger partial charge in [0, 0.05) is 12.1 Å². The van der Waals surface area contributed by atoms with E-state index in [0.29, 0.717) is 0 Å². The molecular formula is C13H13F4NO. The minimum absolute atomic E-state index is 0.0629. The fourth-order valence-electron chi connectivity index (χ4n) is 2.48. The SMILES string of the molecule is O=C(c1ccncc1F)C1CCC(C(F)(F)F)CC1. The number of hydrogen-bond donors (Lipinski definition) is 0. The van der Waals surface area contributed by atoms with Gasteiger partial charge in [-0.25, -0.2) is 4.39 Å². The molecule has 0 aromatic carbocycles. The van der Waals surface area contributed by atoms with Crippen LogP contribution in [0.3, 0.4) is 0 Å². The van der Waals surface area contributed by atoms with Crippen LogP contribution < -0.4 is 0 Å². The molecule has 19 heavy (non-hydrogen) atoms. The Morgan fingerprint density at radius 3 is 2.37 bits per heavy atom. The summed E-state index contributed by atoms with van der Waals surface area (Å²) in [5.41, 5.74) is -0.0783. The normalized spacial score (nSPS) is 24.2. The highest BCUT2D eigenvalue weighted by Crippen LogP contribution is 2.40. The first kappa shape index (κ1) is 14.0. The van der Waals surface area contributed by atoms with Gasteiger partial charge in [-0.3, -0.25) is 9.78 Å². The number of carbonyl (C=O) groups is 1. The van der Waals surface area contributed by atoms with E-state index in [1.165, 1.54) is 12.3 Å². The summed E-state index contributed by atoms with van der Waals surface area (Å²) >= 11 is 0. The monoisotopic (exact) mass is 275 g/mol. The van der Waals surface area contributed by atoms with Crippen LogP contribution in [0.2, 0.25) is 0 Å². The van der Waals surface area contributed by atoms with Gasteiger partial charge < -0.3 is 0 Å². The van der Waals surface area contributed by atoms with Crippen LogP contribution in [0.25, 0.3) is 0 Å². The Morgan fingerprint density at radius 1 is 1.21 bits per heavy atom. The molecule has 0 atom stereocenters. The lowest BCUT2D eigenvalue weighted by Gasteiger charge is -2.29. The third-order valence-electron chi connectivity index (χ3n) is 3.60. The molecule has 1 aromatic heterocycles. The van der Waals surface area contributed by atoms with Crippen LogP contribution in [0.15, 0.2) is 18.5 Å². The van der Waals surface area contributed by atoms with Crippen molar-refractivity contribution in [1.29, 1.82) is 0 Å². The van der Waals surface area contributed by atoms with Gasteiger partial charge in [-0.2, -0.15) is 13.2 Å². The molecule has 1 heterocycles. The number of halogens is 4. The number of aromatic nitrogens is 1. The van der Waals surface area contributed by atoms with Gasteiger partial charge in [-0.1, -0.05) is 0 Å². The van der Waals surface area contributed by atoms with E-state index in [9.17, 15) is 22.4 Å². The van der Waals surface area contributed by atoms with Crippen molar-refractivity contribution in [2.45, 2.75) is 31.9 Å². The fourth-order valence-corrected chi connectivity index (χ4v) is 2.48. The number of pyridine rings is 1. The summed E-state index contributed by atoms with van der Waals surface area (Å²) in [6.45, 7) is 0. The van der Waals surface area contributed by atoms with E-state index in [4.69, 9.17) is 0 Å². The molecule has 0 bridgehead atoms. The van der Waals surface area contributed by atoms with Crippen LogP contribution in [-0.2, 0) is 0 Å². The number of alkyl halides is 3. The van der Waals surface area contributed by atoms with E-state index in [0.717, 1.165) is 6.20 Å². The lowest BCUT2D eigenvalue weighted by Crippen LogP contribution is -2.30. The standard InChI is InChI=1S/C13H13F4NO/c14-11-7-18-6-5-10(11)12(19)8-1-3-9(4-2-8)13(15,16)17/h5-9H,1-4H2. The van der Waals surface area contributed by atoms with Crippen molar-refractivity contribution >= 4 is 5.78 Å². The minimum atomic E-state index is -4.20. The Kier molecular flexibility index (Phi) is 3.87. The zero-order valence-corrected chi connectivity index (χ0v) is 10.1. The molecule has 1 aliphatic carbocycles. The molecule has 0 saturated heterocycles. The van der Waals surface area contributed by atoms with Gasteiger partial charge in [-0.05, 0) is 31.7 Å². The number of Topliss-reactive ketones (excluding diaryl/α,β-unsaturated/α-hetero) is 1. The van der Waals surface area contributed by atoms with Crippen LogP contribution in [0.5, 0.6) is 0 Å². The molecule has 1 fully saturated rings. The number of rotatable bonds is 2. The molecule has 2 nitrogen and oxygen atoms in total. The summed E-state index contributed by atoms with van der Waals surface area (Å²) in [5, 5.41) is 0. The first-order valence-electron chi connectivity index (χ1n) is 6.10. The maximum absolute atomic E-state index is 13.4. The van der Waals surface area contributed by atoms with Crippen molar-refractivity contribution in [2.24, 2.45) is 11.8 Å². The number of nitrogens with zero attached hydrogens (tertiary/aromatic N) is 1. The van der Waals surface area contributed by atoms with E-state index in [-0.39, 0.29) is 31.2 Å². The van der Waals surface area contributed by atoms with E-state index >= 15 is 0 Å². The Labute approximate surface area is 107 Å². The molecule has 6 heteroatoms. The lowest BCUT2D eigenvalue weighted by molar-refractivity contribution is -0.183. The topological polar surface area (TPSA) is 30.0 Å². The molecular weight excluding hydrogens is 262 g/mol. The molecule has 0 N–H and O–H groups in total. The minimum Gasteiger partial charge on any atom is -0.294 e. The lowest BCUT2D eigenvalue weighted by atomic mass is 9.78. The molecule has 1 saturated carbocycles. The van der Waals surface area contributed by atoms with Gasteiger partial charge in [0.25, 0.3) is 0 Å². The van der Waals surface area contributed by atoms with Crippen molar-refractivity contribution in [3.63, 3.8) is 0 Å². The Bertz CT molecular complexity index is 464. The first-order chi connectivity index (χ1) is 8.89. The van der Waals surface area contributed by atoms with Crippen LogP contribution in [0, 0.1) is 17.7 Å². The van der Waals surface area contributed by atoms with Crippen molar-refractivity contribution in [2.75, 3.05) is 0 Å². The van der Waals surface area contributed by atoms with E-state index in [1.54, 1.807) is 0 Å². The van der Waals surface area contributed by atoms with Crippen LogP contribution >= 0.6 is 0 Å². The van der Waals surface area contributed by atoms with Crippen molar-refractivity contribution < 1.29 is 22.4 Å². The quantitative estimate of drug-likeness (QED) is 0.607. The number of hydrogen-bond acceptors (Lipinski definition) is 2. The Hall–Kier alpha value is -1.46. The molecule has 1 aromatic rings. The largest absolute Gasteiger partial charge is 0.391 e. The predicted octanol–water partition coefficient (Wildman–Crippen LogP) is 3.77. The molecule has 0 amide bonds. The average molecular weight is 275 g/mol. The molecule has 0 unspecified atom stereocenters. The van der Waals surface area contributed by atoms with Crippen molar-refractivity contribution in [3.8, 4) is 0 Å². The predicted molar refractivity (Wildman–Crippen MR) is 60.0 cm³/mol. The summed E-state index contributed by atoms with van der Waals surface area (Å²) in [6.07, 6.45) is -1.77. The number of ketones is 1. The van der Waals surface area contributed by atoms with Gasteiger partial charge in [0.1, 0.15) is 0 Å². The number of carbonyl (C=O) groups excluding carboxylic acids is 1. The van der Waals surface area contributed by atoms with Gasteiger partial charge in [0.05, 0.1) is 17.7 Å². The highest BCUT2D eigenvalue weighted by molar-refractivity contribution is 5.98. The summed E-state index contributed by atoms with van der Waals surface area (Å²) in [4.78, 5) is 15.6. The average Bonchev–Trinajstić information content (AvgIpc) is 2.38. The second kappa shape index (κ2) is 5.27. The highest BCUT2D eigenvalue weighted by atomic mass is 19.4. The smallest absolute Gasteiger partial charge is 0.294 e. The van der Waals surface area contributed by atoms with Crippen LogP contribution in [0.4, 0.5) is 17.6 Å². The summed E-state index contributed by atoms with van der Waals surface area (Å²) in [6, 6.07) is 1.27. The van der Waals surface area contributed by atoms with Crippen molar-refractivity contribution in [1.82, 2.24) is 4.98 Å².